The molecular weight excluding hydrogens is 276 g/mol. The van der Waals surface area contributed by atoms with Crippen LogP contribution in [0.2, 0.25) is 5.02 Å². The van der Waals surface area contributed by atoms with E-state index in [2.05, 4.69) is 0 Å². The first-order valence-electron chi connectivity index (χ1n) is 6.79. The number of nitrogens with zero attached hydrogens (tertiary/aromatic N) is 2. The molecule has 1 aliphatic rings. The molecule has 2 rings (SSSR count). The largest absolute Gasteiger partial charge is 0.337 e. The maximum absolute atomic E-state index is 12.2. The molecule has 5 heteroatoms. The van der Waals surface area contributed by atoms with E-state index in [4.69, 9.17) is 11.6 Å². The van der Waals surface area contributed by atoms with E-state index in [0.717, 1.165) is 5.56 Å². The highest BCUT2D eigenvalue weighted by atomic mass is 35.5. The minimum Gasteiger partial charge on any atom is -0.337 e. The van der Waals surface area contributed by atoms with Crippen molar-refractivity contribution >= 4 is 23.4 Å². The summed E-state index contributed by atoms with van der Waals surface area (Å²) in [5.74, 6) is 0.0137. The van der Waals surface area contributed by atoms with Gasteiger partial charge in [-0.05, 0) is 31.5 Å². The van der Waals surface area contributed by atoms with E-state index in [1.165, 1.54) is 0 Å². The average Bonchev–Trinajstić information content (AvgIpc) is 2.40. The normalized spacial score (nSPS) is 15.9. The number of carbonyl (C=O) groups is 2. The van der Waals surface area contributed by atoms with Gasteiger partial charge in [0, 0.05) is 24.2 Å². The second-order valence-electron chi connectivity index (χ2n) is 5.30. The summed E-state index contributed by atoms with van der Waals surface area (Å²) in [5.41, 5.74) is 0.915. The molecule has 1 heterocycles. The van der Waals surface area contributed by atoms with Crippen LogP contribution in [0.4, 0.5) is 0 Å². The zero-order valence-electron chi connectivity index (χ0n) is 11.8. The summed E-state index contributed by atoms with van der Waals surface area (Å²) in [5, 5.41) is 0.655. The minimum absolute atomic E-state index is 0.0101. The van der Waals surface area contributed by atoms with Crippen LogP contribution >= 0.6 is 11.6 Å². The fourth-order valence-corrected chi connectivity index (χ4v) is 2.46. The summed E-state index contributed by atoms with van der Waals surface area (Å²) < 4.78 is 0. The monoisotopic (exact) mass is 294 g/mol. The van der Waals surface area contributed by atoms with Gasteiger partial charge in [0.25, 0.3) is 0 Å². The quantitative estimate of drug-likeness (QED) is 0.855. The number of piperazine rings is 1. The molecule has 0 saturated carbocycles. The summed E-state index contributed by atoms with van der Waals surface area (Å²) in [4.78, 5) is 27.6. The predicted octanol–water partition coefficient (Wildman–Crippen LogP) is 1.96. The highest BCUT2D eigenvalue weighted by Gasteiger charge is 2.28. The Balaban J connectivity index is 1.94. The van der Waals surface area contributed by atoms with Crippen molar-refractivity contribution in [2.75, 3.05) is 19.6 Å². The Morgan fingerprint density at radius 1 is 1.25 bits per heavy atom. The van der Waals surface area contributed by atoms with Crippen LogP contribution in [0.15, 0.2) is 24.3 Å². The highest BCUT2D eigenvalue weighted by Crippen LogP contribution is 2.13. The topological polar surface area (TPSA) is 40.6 Å². The van der Waals surface area contributed by atoms with Crippen LogP contribution in [0.3, 0.4) is 0 Å². The summed E-state index contributed by atoms with van der Waals surface area (Å²) in [6.45, 7) is 5.38. The van der Waals surface area contributed by atoms with E-state index < -0.39 is 0 Å². The van der Waals surface area contributed by atoms with Crippen LogP contribution in [-0.4, -0.2) is 47.3 Å². The molecule has 0 atom stereocenters. The number of rotatable bonds is 3. The summed E-state index contributed by atoms with van der Waals surface area (Å²) >= 11 is 5.82. The average molecular weight is 295 g/mol. The van der Waals surface area contributed by atoms with E-state index >= 15 is 0 Å². The summed E-state index contributed by atoms with van der Waals surface area (Å²) in [6.07, 6.45) is 0.312. The molecule has 2 amide bonds. The van der Waals surface area contributed by atoms with Gasteiger partial charge in [-0.2, -0.15) is 0 Å². The zero-order chi connectivity index (χ0) is 14.7. The third-order valence-corrected chi connectivity index (χ3v) is 3.75. The molecule has 1 fully saturated rings. The van der Waals surface area contributed by atoms with Crippen molar-refractivity contribution in [1.82, 2.24) is 9.80 Å². The van der Waals surface area contributed by atoms with Crippen LogP contribution < -0.4 is 0 Å². The number of benzene rings is 1. The Labute approximate surface area is 124 Å². The van der Waals surface area contributed by atoms with Gasteiger partial charge in [0.05, 0.1) is 13.0 Å². The fourth-order valence-electron chi connectivity index (χ4n) is 2.33. The first-order valence-corrected chi connectivity index (χ1v) is 7.17. The van der Waals surface area contributed by atoms with Gasteiger partial charge in [-0.15, -0.1) is 0 Å². The predicted molar refractivity (Wildman–Crippen MR) is 78.6 cm³/mol. The molecule has 0 radical (unpaired) electrons. The van der Waals surface area contributed by atoms with Crippen molar-refractivity contribution in [2.45, 2.75) is 26.3 Å². The lowest BCUT2D eigenvalue weighted by molar-refractivity contribution is -0.146. The maximum Gasteiger partial charge on any atom is 0.242 e. The van der Waals surface area contributed by atoms with Crippen LogP contribution in [-0.2, 0) is 16.0 Å². The van der Waals surface area contributed by atoms with Crippen LogP contribution in [0.1, 0.15) is 19.4 Å². The number of carbonyl (C=O) groups excluding carboxylic acids is 2. The molecule has 0 N–H and O–H groups in total. The Bertz CT molecular complexity index is 499. The smallest absolute Gasteiger partial charge is 0.242 e. The van der Waals surface area contributed by atoms with Crippen molar-refractivity contribution in [3.05, 3.63) is 34.9 Å². The van der Waals surface area contributed by atoms with Crippen LogP contribution in [0.5, 0.6) is 0 Å². The molecule has 0 bridgehead atoms. The Hall–Kier alpha value is -1.55. The number of hydrogen-bond donors (Lipinski definition) is 0. The Morgan fingerprint density at radius 2 is 1.90 bits per heavy atom. The second kappa shape index (κ2) is 6.27. The molecule has 0 unspecified atom stereocenters. The number of halogens is 1. The van der Waals surface area contributed by atoms with Crippen molar-refractivity contribution in [3.63, 3.8) is 0 Å². The van der Waals surface area contributed by atoms with Gasteiger partial charge < -0.3 is 9.80 Å². The molecule has 0 aromatic heterocycles. The molecule has 108 valence electrons. The minimum atomic E-state index is -0.0101. The van der Waals surface area contributed by atoms with E-state index in [0.29, 0.717) is 24.5 Å². The third kappa shape index (κ3) is 3.51. The number of amides is 2. The lowest BCUT2D eigenvalue weighted by Crippen LogP contribution is -2.54. The van der Waals surface area contributed by atoms with Gasteiger partial charge in [0.1, 0.15) is 0 Å². The summed E-state index contributed by atoms with van der Waals surface area (Å²) in [6, 6.07) is 7.41. The maximum atomic E-state index is 12.2. The van der Waals surface area contributed by atoms with Gasteiger partial charge in [-0.3, -0.25) is 9.59 Å². The van der Waals surface area contributed by atoms with Crippen molar-refractivity contribution in [2.24, 2.45) is 0 Å². The molecule has 0 spiro atoms. The molecule has 20 heavy (non-hydrogen) atoms. The molecular formula is C15H19ClN2O2. The van der Waals surface area contributed by atoms with Crippen LogP contribution in [0.25, 0.3) is 0 Å². The molecule has 1 aromatic rings. The lowest BCUT2D eigenvalue weighted by atomic mass is 10.1. The van der Waals surface area contributed by atoms with Crippen molar-refractivity contribution < 1.29 is 9.59 Å². The van der Waals surface area contributed by atoms with Gasteiger partial charge in [-0.1, -0.05) is 23.7 Å². The van der Waals surface area contributed by atoms with E-state index in [1.54, 1.807) is 17.0 Å². The first kappa shape index (κ1) is 14.9. The van der Waals surface area contributed by atoms with Gasteiger partial charge >= 0.3 is 0 Å². The summed E-state index contributed by atoms with van der Waals surface area (Å²) in [7, 11) is 0. The van der Waals surface area contributed by atoms with Crippen molar-refractivity contribution in [3.8, 4) is 0 Å². The first-order chi connectivity index (χ1) is 9.47. The Morgan fingerprint density at radius 3 is 2.45 bits per heavy atom. The van der Waals surface area contributed by atoms with E-state index in [9.17, 15) is 9.59 Å². The zero-order valence-corrected chi connectivity index (χ0v) is 12.6. The fraction of sp³-hybridized carbons (Fsp3) is 0.467. The van der Waals surface area contributed by atoms with Gasteiger partial charge in [0.2, 0.25) is 11.8 Å². The second-order valence-corrected chi connectivity index (χ2v) is 5.74. The van der Waals surface area contributed by atoms with Gasteiger partial charge in [0.15, 0.2) is 0 Å². The Kier molecular flexibility index (Phi) is 4.65. The molecule has 1 aromatic carbocycles. The lowest BCUT2D eigenvalue weighted by Gasteiger charge is -2.36. The molecule has 1 saturated heterocycles. The standard InChI is InChI=1S/C15H19ClN2O2/c1-11(2)18-8-7-17(10-15(18)20)14(19)9-12-3-5-13(16)6-4-12/h3-6,11H,7-10H2,1-2H3. The molecule has 0 aliphatic carbocycles. The molecule has 4 nitrogen and oxygen atoms in total. The van der Waals surface area contributed by atoms with E-state index in [1.807, 2.05) is 30.9 Å². The number of hydrogen-bond acceptors (Lipinski definition) is 2. The van der Waals surface area contributed by atoms with Crippen LogP contribution in [0, 0.1) is 0 Å². The SMILES string of the molecule is CC(C)N1CCN(C(=O)Cc2ccc(Cl)cc2)CC1=O. The third-order valence-electron chi connectivity index (χ3n) is 3.50. The van der Waals surface area contributed by atoms with Crippen molar-refractivity contribution in [1.29, 1.82) is 0 Å². The van der Waals surface area contributed by atoms with E-state index in [-0.39, 0.29) is 24.4 Å². The van der Waals surface area contributed by atoms with Gasteiger partial charge in [-0.25, -0.2) is 0 Å². The highest BCUT2D eigenvalue weighted by molar-refractivity contribution is 6.30. The molecule has 1 aliphatic heterocycles.